The van der Waals surface area contributed by atoms with Crippen LogP contribution in [0.4, 0.5) is 10.1 Å². The molecule has 1 nitrogen and oxygen atoms in total. The summed E-state index contributed by atoms with van der Waals surface area (Å²) in [5, 5.41) is 0. The number of anilines is 1. The summed E-state index contributed by atoms with van der Waals surface area (Å²) in [7, 11) is 0. The second kappa shape index (κ2) is 8.32. The molecular weight excluding hydrogens is 393 g/mol. The standard InChI is InChI=1S/C30H24FN/c31-30(23-14-5-2-6-15-23)21-10-9-19-27(30)25-18-11-17-24(22-12-3-1-4-13-22)29(25)26-16-7-8-20-28(26)32/h1-20H,21,32H2. The largest absolute Gasteiger partial charge is 0.398 e. The minimum absolute atomic E-state index is 0.294. The molecule has 0 radical (unpaired) electrons. The number of allylic oxidation sites excluding steroid dienone is 4. The fourth-order valence-electron chi connectivity index (χ4n) is 4.57. The van der Waals surface area contributed by atoms with Gasteiger partial charge in [-0.2, -0.15) is 0 Å². The lowest BCUT2D eigenvalue weighted by Crippen LogP contribution is -2.23. The summed E-state index contributed by atoms with van der Waals surface area (Å²) in [5.74, 6) is 0. The van der Waals surface area contributed by atoms with Gasteiger partial charge in [0, 0.05) is 23.2 Å². The zero-order valence-corrected chi connectivity index (χ0v) is 17.7. The summed E-state index contributed by atoms with van der Waals surface area (Å²) in [6.07, 6.45) is 6.04. The van der Waals surface area contributed by atoms with Gasteiger partial charge in [0.15, 0.2) is 5.67 Å². The number of nitrogen functional groups attached to an aromatic ring is 1. The Kier molecular flexibility index (Phi) is 5.20. The Labute approximate surface area is 188 Å². The van der Waals surface area contributed by atoms with E-state index >= 15 is 4.39 Å². The minimum Gasteiger partial charge on any atom is -0.398 e. The molecule has 32 heavy (non-hydrogen) atoms. The van der Waals surface area contributed by atoms with Crippen LogP contribution in [0.1, 0.15) is 17.5 Å². The van der Waals surface area contributed by atoms with Gasteiger partial charge >= 0.3 is 0 Å². The molecule has 1 unspecified atom stereocenters. The van der Waals surface area contributed by atoms with Crippen LogP contribution in [0.15, 0.2) is 121 Å². The Balaban J connectivity index is 1.81. The van der Waals surface area contributed by atoms with Crippen molar-refractivity contribution in [3.8, 4) is 22.3 Å². The molecule has 4 aromatic rings. The molecule has 0 heterocycles. The summed E-state index contributed by atoms with van der Waals surface area (Å²) >= 11 is 0. The van der Waals surface area contributed by atoms with Gasteiger partial charge < -0.3 is 5.73 Å². The van der Waals surface area contributed by atoms with Crippen molar-refractivity contribution in [3.05, 3.63) is 132 Å². The average molecular weight is 418 g/mol. The van der Waals surface area contributed by atoms with E-state index < -0.39 is 5.67 Å². The van der Waals surface area contributed by atoms with Crippen molar-refractivity contribution in [2.24, 2.45) is 0 Å². The molecule has 2 heteroatoms. The first-order chi connectivity index (χ1) is 15.7. The molecule has 0 aromatic heterocycles. The molecule has 0 aliphatic heterocycles. The highest BCUT2D eigenvalue weighted by Gasteiger charge is 2.38. The maximum absolute atomic E-state index is 16.8. The molecule has 0 saturated carbocycles. The fourth-order valence-corrected chi connectivity index (χ4v) is 4.57. The maximum Gasteiger partial charge on any atom is 0.165 e. The van der Waals surface area contributed by atoms with Crippen LogP contribution in [-0.4, -0.2) is 0 Å². The van der Waals surface area contributed by atoms with E-state index in [-0.39, 0.29) is 0 Å². The van der Waals surface area contributed by atoms with Crippen molar-refractivity contribution in [2.45, 2.75) is 12.1 Å². The van der Waals surface area contributed by atoms with E-state index in [0.717, 1.165) is 27.8 Å². The van der Waals surface area contributed by atoms with E-state index in [2.05, 4.69) is 18.2 Å². The molecule has 0 spiro atoms. The van der Waals surface area contributed by atoms with Gasteiger partial charge in [-0.3, -0.25) is 0 Å². The van der Waals surface area contributed by atoms with Crippen LogP contribution < -0.4 is 5.73 Å². The SMILES string of the molecule is Nc1ccccc1-c1c(C2=CC=CCC2(F)c2ccccc2)cccc1-c1ccccc1. The van der Waals surface area contributed by atoms with Crippen LogP contribution in [0.25, 0.3) is 27.8 Å². The van der Waals surface area contributed by atoms with E-state index in [1.807, 2.05) is 103 Å². The lowest BCUT2D eigenvalue weighted by Gasteiger charge is -2.32. The maximum atomic E-state index is 16.8. The Bertz CT molecular complexity index is 1310. The van der Waals surface area contributed by atoms with E-state index in [9.17, 15) is 0 Å². The highest BCUT2D eigenvalue weighted by atomic mass is 19.1. The fraction of sp³-hybridized carbons (Fsp3) is 0.0667. The number of alkyl halides is 1. The lowest BCUT2D eigenvalue weighted by atomic mass is 9.76. The van der Waals surface area contributed by atoms with Gasteiger partial charge in [0.1, 0.15) is 0 Å². The Morgan fingerprint density at radius 1 is 0.656 bits per heavy atom. The third-order valence-corrected chi connectivity index (χ3v) is 6.13. The van der Waals surface area contributed by atoms with Crippen LogP contribution in [0, 0.1) is 0 Å². The van der Waals surface area contributed by atoms with Crippen molar-refractivity contribution in [3.63, 3.8) is 0 Å². The second-order valence-electron chi connectivity index (χ2n) is 8.06. The van der Waals surface area contributed by atoms with Crippen LogP contribution in [0.3, 0.4) is 0 Å². The topological polar surface area (TPSA) is 26.0 Å². The normalized spacial score (nSPS) is 17.7. The number of nitrogens with two attached hydrogens (primary N) is 1. The molecule has 4 aromatic carbocycles. The molecular formula is C30H24FN. The molecule has 1 atom stereocenters. The van der Waals surface area contributed by atoms with Gasteiger partial charge in [-0.05, 0) is 33.9 Å². The number of para-hydroxylation sites is 1. The van der Waals surface area contributed by atoms with Gasteiger partial charge in [-0.15, -0.1) is 0 Å². The molecule has 1 aliphatic rings. The average Bonchev–Trinajstić information content (AvgIpc) is 2.85. The van der Waals surface area contributed by atoms with Crippen LogP contribution in [0.5, 0.6) is 0 Å². The molecule has 0 fully saturated rings. The van der Waals surface area contributed by atoms with E-state index in [1.165, 1.54) is 0 Å². The Hall–Kier alpha value is -3.91. The molecule has 5 rings (SSSR count). The van der Waals surface area contributed by atoms with Crippen molar-refractivity contribution < 1.29 is 4.39 Å². The first kappa shape index (κ1) is 20.0. The first-order valence-electron chi connectivity index (χ1n) is 10.8. The summed E-state index contributed by atoms with van der Waals surface area (Å²) < 4.78 is 16.8. The third kappa shape index (κ3) is 3.44. The molecule has 156 valence electrons. The van der Waals surface area contributed by atoms with E-state index in [1.54, 1.807) is 0 Å². The van der Waals surface area contributed by atoms with Gasteiger partial charge in [-0.25, -0.2) is 4.39 Å². The highest BCUT2D eigenvalue weighted by molar-refractivity contribution is 5.97. The molecule has 2 N–H and O–H groups in total. The van der Waals surface area contributed by atoms with Crippen LogP contribution in [-0.2, 0) is 5.67 Å². The number of rotatable bonds is 4. The monoisotopic (exact) mass is 417 g/mol. The predicted molar refractivity (Wildman–Crippen MR) is 133 cm³/mol. The molecule has 0 amide bonds. The van der Waals surface area contributed by atoms with Gasteiger partial charge in [-0.1, -0.05) is 115 Å². The predicted octanol–water partition coefficient (Wildman–Crippen LogP) is 7.81. The van der Waals surface area contributed by atoms with Crippen molar-refractivity contribution in [1.29, 1.82) is 0 Å². The zero-order valence-electron chi connectivity index (χ0n) is 17.7. The van der Waals surface area contributed by atoms with Crippen molar-refractivity contribution in [1.82, 2.24) is 0 Å². The van der Waals surface area contributed by atoms with Crippen LogP contribution >= 0.6 is 0 Å². The minimum atomic E-state index is -1.62. The number of halogens is 1. The van der Waals surface area contributed by atoms with Crippen molar-refractivity contribution >= 4 is 11.3 Å². The molecule has 1 aliphatic carbocycles. The van der Waals surface area contributed by atoms with Gasteiger partial charge in [0.05, 0.1) is 0 Å². The third-order valence-electron chi connectivity index (χ3n) is 6.13. The zero-order chi connectivity index (χ0) is 22.0. The quantitative estimate of drug-likeness (QED) is 0.337. The number of hydrogen-bond donors (Lipinski definition) is 1. The molecule has 0 saturated heterocycles. The summed E-state index contributed by atoms with van der Waals surface area (Å²) in [6, 6.07) is 33.6. The first-order valence-corrected chi connectivity index (χ1v) is 10.8. The highest BCUT2D eigenvalue weighted by Crippen LogP contribution is 2.49. The van der Waals surface area contributed by atoms with Gasteiger partial charge in [0.25, 0.3) is 0 Å². The Morgan fingerprint density at radius 3 is 2.03 bits per heavy atom. The second-order valence-corrected chi connectivity index (χ2v) is 8.06. The van der Waals surface area contributed by atoms with E-state index in [4.69, 9.17) is 5.73 Å². The van der Waals surface area contributed by atoms with Crippen LogP contribution in [0.2, 0.25) is 0 Å². The summed E-state index contributed by atoms with van der Waals surface area (Å²) in [4.78, 5) is 0. The van der Waals surface area contributed by atoms with Crippen molar-refractivity contribution in [2.75, 3.05) is 5.73 Å². The summed E-state index contributed by atoms with van der Waals surface area (Å²) in [6.45, 7) is 0. The number of hydrogen-bond acceptors (Lipinski definition) is 1. The smallest absolute Gasteiger partial charge is 0.165 e. The molecule has 0 bridgehead atoms. The summed E-state index contributed by atoms with van der Waals surface area (Å²) in [5.41, 5.74) is 11.7. The van der Waals surface area contributed by atoms with E-state index in [0.29, 0.717) is 23.2 Å². The lowest BCUT2D eigenvalue weighted by molar-refractivity contribution is 0.250. The Morgan fingerprint density at radius 2 is 1.28 bits per heavy atom. The van der Waals surface area contributed by atoms with Gasteiger partial charge in [0.2, 0.25) is 0 Å². The number of benzene rings is 4.